The Morgan fingerprint density at radius 3 is 2.80 bits per heavy atom. The molecule has 1 saturated carbocycles. The van der Waals surface area contributed by atoms with Gasteiger partial charge in [0, 0.05) is 12.6 Å². The normalized spacial score (nSPS) is 23.4. The van der Waals surface area contributed by atoms with Crippen LogP contribution in [0.15, 0.2) is 24.3 Å². The van der Waals surface area contributed by atoms with Crippen LogP contribution in [0.1, 0.15) is 56.7 Å². The minimum Gasteiger partial charge on any atom is -0.378 e. The molecule has 0 aromatic heterocycles. The molecule has 0 saturated heterocycles. The van der Waals surface area contributed by atoms with Crippen LogP contribution in [0, 0.1) is 5.92 Å². The van der Waals surface area contributed by atoms with Crippen molar-refractivity contribution < 1.29 is 4.74 Å². The van der Waals surface area contributed by atoms with E-state index in [1.807, 2.05) is 0 Å². The maximum absolute atomic E-state index is 5.77. The summed E-state index contributed by atoms with van der Waals surface area (Å²) >= 11 is 0. The number of hydrogen-bond donors (Lipinski definition) is 2. The smallest absolute Gasteiger partial charge is 0.0580 e. The Hall–Kier alpha value is -0.900. The number of benzene rings is 1. The minimum atomic E-state index is 0.263. The van der Waals surface area contributed by atoms with Crippen LogP contribution in [0.5, 0.6) is 0 Å². The van der Waals surface area contributed by atoms with E-state index in [9.17, 15) is 0 Å². The second-order valence-electron chi connectivity index (χ2n) is 5.86. The molecule has 112 valence electrons. The Bertz CT molecular complexity index is 402. The summed E-state index contributed by atoms with van der Waals surface area (Å²) in [6, 6.07) is 9.10. The van der Waals surface area contributed by atoms with E-state index in [2.05, 4.69) is 43.5 Å². The summed E-state index contributed by atoms with van der Waals surface area (Å²) < 4.78 is 5.63. The standard InChI is InChI=1S/C17H28N2O/c1-3-6-13-7-5-8-15(9-13)17(19-18)12-14-10-16(11-14)20-4-2/h5,7-9,14,16-17,19H,3-4,6,10-12,18H2,1-2H3. The zero-order valence-corrected chi connectivity index (χ0v) is 12.8. The molecule has 3 N–H and O–H groups in total. The Morgan fingerprint density at radius 1 is 1.35 bits per heavy atom. The van der Waals surface area contributed by atoms with Crippen molar-refractivity contribution in [3.63, 3.8) is 0 Å². The molecule has 2 rings (SSSR count). The highest BCUT2D eigenvalue weighted by Crippen LogP contribution is 2.36. The molecule has 0 amide bonds. The molecule has 1 aliphatic rings. The first-order valence-electron chi connectivity index (χ1n) is 7.93. The molecule has 0 heterocycles. The number of nitrogens with two attached hydrogens (primary N) is 1. The van der Waals surface area contributed by atoms with Crippen molar-refractivity contribution in [1.82, 2.24) is 5.43 Å². The molecular formula is C17H28N2O. The number of nitrogens with one attached hydrogen (secondary N) is 1. The lowest BCUT2D eigenvalue weighted by atomic mass is 9.77. The molecule has 3 heteroatoms. The van der Waals surface area contributed by atoms with E-state index in [0.29, 0.717) is 6.10 Å². The lowest BCUT2D eigenvalue weighted by Crippen LogP contribution is -2.36. The van der Waals surface area contributed by atoms with Crippen molar-refractivity contribution in [3.8, 4) is 0 Å². The van der Waals surface area contributed by atoms with Gasteiger partial charge in [-0.1, -0.05) is 37.6 Å². The minimum absolute atomic E-state index is 0.263. The van der Waals surface area contributed by atoms with Crippen molar-refractivity contribution in [2.75, 3.05) is 6.61 Å². The highest BCUT2D eigenvalue weighted by atomic mass is 16.5. The van der Waals surface area contributed by atoms with E-state index in [1.165, 1.54) is 30.4 Å². The Balaban J connectivity index is 1.90. The van der Waals surface area contributed by atoms with Crippen LogP contribution in [0.2, 0.25) is 0 Å². The SMILES string of the molecule is CCCc1cccc(C(CC2CC(OCC)C2)NN)c1. The van der Waals surface area contributed by atoms with Gasteiger partial charge in [-0.3, -0.25) is 11.3 Å². The van der Waals surface area contributed by atoms with Crippen LogP contribution in [0.4, 0.5) is 0 Å². The summed E-state index contributed by atoms with van der Waals surface area (Å²) in [5, 5.41) is 0. The molecule has 0 bridgehead atoms. The van der Waals surface area contributed by atoms with Gasteiger partial charge >= 0.3 is 0 Å². The van der Waals surface area contributed by atoms with Crippen molar-refractivity contribution in [3.05, 3.63) is 35.4 Å². The highest BCUT2D eigenvalue weighted by molar-refractivity contribution is 5.26. The maximum atomic E-state index is 5.77. The van der Waals surface area contributed by atoms with Gasteiger partial charge in [0.15, 0.2) is 0 Å². The fourth-order valence-electron chi connectivity index (χ4n) is 3.13. The summed E-state index contributed by atoms with van der Waals surface area (Å²) in [6.07, 6.45) is 6.27. The highest BCUT2D eigenvalue weighted by Gasteiger charge is 2.31. The second-order valence-corrected chi connectivity index (χ2v) is 5.86. The Labute approximate surface area is 122 Å². The molecular weight excluding hydrogens is 248 g/mol. The van der Waals surface area contributed by atoms with Gasteiger partial charge in [0.1, 0.15) is 0 Å². The molecule has 1 aromatic rings. The molecule has 1 aromatic carbocycles. The molecule has 1 aliphatic carbocycles. The third kappa shape index (κ3) is 4.05. The van der Waals surface area contributed by atoms with Crippen LogP contribution >= 0.6 is 0 Å². The largest absolute Gasteiger partial charge is 0.378 e. The van der Waals surface area contributed by atoms with Crippen LogP contribution in [-0.2, 0) is 11.2 Å². The van der Waals surface area contributed by atoms with Gasteiger partial charge in [0.2, 0.25) is 0 Å². The Kier molecular flexibility index (Phi) is 6.02. The van der Waals surface area contributed by atoms with E-state index in [4.69, 9.17) is 10.6 Å². The van der Waals surface area contributed by atoms with Gasteiger partial charge in [-0.2, -0.15) is 0 Å². The molecule has 0 aliphatic heterocycles. The van der Waals surface area contributed by atoms with Crippen molar-refractivity contribution in [1.29, 1.82) is 0 Å². The van der Waals surface area contributed by atoms with Crippen molar-refractivity contribution >= 4 is 0 Å². The zero-order valence-electron chi connectivity index (χ0n) is 12.8. The van der Waals surface area contributed by atoms with Crippen LogP contribution < -0.4 is 11.3 Å². The van der Waals surface area contributed by atoms with Gasteiger partial charge in [-0.05, 0) is 49.7 Å². The van der Waals surface area contributed by atoms with E-state index in [-0.39, 0.29) is 6.04 Å². The second kappa shape index (κ2) is 7.77. The molecule has 0 radical (unpaired) electrons. The quantitative estimate of drug-likeness (QED) is 0.565. The van der Waals surface area contributed by atoms with Gasteiger partial charge in [-0.25, -0.2) is 0 Å². The van der Waals surface area contributed by atoms with E-state index in [1.54, 1.807) is 0 Å². The summed E-state index contributed by atoms with van der Waals surface area (Å²) in [6.45, 7) is 5.11. The van der Waals surface area contributed by atoms with Crippen LogP contribution in [0.3, 0.4) is 0 Å². The fraction of sp³-hybridized carbons (Fsp3) is 0.647. The maximum Gasteiger partial charge on any atom is 0.0580 e. The van der Waals surface area contributed by atoms with Gasteiger partial charge in [-0.15, -0.1) is 0 Å². The molecule has 3 nitrogen and oxygen atoms in total. The van der Waals surface area contributed by atoms with Gasteiger partial charge in [0.05, 0.1) is 6.10 Å². The third-order valence-corrected chi connectivity index (χ3v) is 4.26. The Morgan fingerprint density at radius 2 is 2.15 bits per heavy atom. The first-order chi connectivity index (χ1) is 9.76. The third-order valence-electron chi connectivity index (χ3n) is 4.26. The van der Waals surface area contributed by atoms with Gasteiger partial charge in [0.25, 0.3) is 0 Å². The number of rotatable bonds is 8. The molecule has 0 spiro atoms. The number of ether oxygens (including phenoxy) is 1. The first-order valence-corrected chi connectivity index (χ1v) is 7.93. The molecule has 1 atom stereocenters. The molecule has 1 fully saturated rings. The fourth-order valence-corrected chi connectivity index (χ4v) is 3.13. The summed E-state index contributed by atoms with van der Waals surface area (Å²) in [7, 11) is 0. The summed E-state index contributed by atoms with van der Waals surface area (Å²) in [5.74, 6) is 6.51. The summed E-state index contributed by atoms with van der Waals surface area (Å²) in [4.78, 5) is 0. The van der Waals surface area contributed by atoms with Gasteiger partial charge < -0.3 is 4.74 Å². The van der Waals surface area contributed by atoms with Crippen LogP contribution in [0.25, 0.3) is 0 Å². The average Bonchev–Trinajstić information content (AvgIpc) is 2.42. The topological polar surface area (TPSA) is 47.3 Å². The zero-order chi connectivity index (χ0) is 14.4. The van der Waals surface area contributed by atoms with Crippen LogP contribution in [-0.4, -0.2) is 12.7 Å². The number of hydrazine groups is 1. The number of aryl methyl sites for hydroxylation is 1. The molecule has 1 unspecified atom stereocenters. The molecule has 20 heavy (non-hydrogen) atoms. The lowest BCUT2D eigenvalue weighted by Gasteiger charge is -2.37. The van der Waals surface area contributed by atoms with E-state index >= 15 is 0 Å². The number of hydrogen-bond acceptors (Lipinski definition) is 3. The van der Waals surface area contributed by atoms with E-state index < -0.39 is 0 Å². The van der Waals surface area contributed by atoms with Crippen molar-refractivity contribution in [2.24, 2.45) is 11.8 Å². The van der Waals surface area contributed by atoms with Crippen molar-refractivity contribution in [2.45, 2.75) is 58.1 Å². The lowest BCUT2D eigenvalue weighted by molar-refractivity contribution is -0.0291. The monoisotopic (exact) mass is 276 g/mol. The first kappa shape index (κ1) is 15.5. The predicted molar refractivity (Wildman–Crippen MR) is 83.3 cm³/mol. The van der Waals surface area contributed by atoms with E-state index in [0.717, 1.165) is 25.4 Å². The predicted octanol–water partition coefficient (Wildman–Crippen LogP) is 3.35. The average molecular weight is 276 g/mol. The summed E-state index contributed by atoms with van der Waals surface area (Å²) in [5.41, 5.74) is 5.72.